The van der Waals surface area contributed by atoms with Gasteiger partial charge in [0, 0.05) is 18.3 Å². The molecule has 1 fully saturated rings. The number of ether oxygens (including phenoxy) is 1. The van der Waals surface area contributed by atoms with Crippen molar-refractivity contribution < 1.29 is 24.2 Å². The second-order valence-electron chi connectivity index (χ2n) is 10.1. The maximum atomic E-state index is 13.7. The van der Waals surface area contributed by atoms with Crippen molar-refractivity contribution in [1.82, 2.24) is 15.5 Å². The van der Waals surface area contributed by atoms with Crippen molar-refractivity contribution in [3.63, 3.8) is 0 Å². The number of phenols is 1. The molecule has 0 heterocycles. The van der Waals surface area contributed by atoms with Gasteiger partial charge in [-0.1, -0.05) is 44.7 Å². The summed E-state index contributed by atoms with van der Waals surface area (Å²) in [5.41, 5.74) is -0.210. The monoisotopic (exact) mass is 507 g/mol. The molecule has 9 heteroatoms. The van der Waals surface area contributed by atoms with Gasteiger partial charge in [0.15, 0.2) is 0 Å². The van der Waals surface area contributed by atoms with Crippen LogP contribution in [0.3, 0.4) is 0 Å². The Morgan fingerprint density at radius 2 is 1.89 bits per heavy atom. The van der Waals surface area contributed by atoms with Crippen molar-refractivity contribution in [3.8, 4) is 5.75 Å². The van der Waals surface area contributed by atoms with Gasteiger partial charge in [0.25, 0.3) is 0 Å². The Balaban J connectivity index is 2.37. The van der Waals surface area contributed by atoms with E-state index in [4.69, 9.17) is 4.74 Å². The molecule has 1 aromatic carbocycles. The fraction of sp³-hybridized carbons (Fsp3) is 0.654. The number of carbonyl (C=O) groups is 3. The van der Waals surface area contributed by atoms with Crippen LogP contribution in [0.15, 0.2) is 24.3 Å². The zero-order valence-electron chi connectivity index (χ0n) is 21.4. The van der Waals surface area contributed by atoms with Crippen LogP contribution in [-0.4, -0.2) is 57.9 Å². The van der Waals surface area contributed by atoms with Gasteiger partial charge in [0.05, 0.1) is 0 Å². The summed E-state index contributed by atoms with van der Waals surface area (Å²) in [4.78, 5) is 41.3. The number of phenolic OH excluding ortho intramolecular Hbond substituents is 1. The average molecular weight is 508 g/mol. The minimum absolute atomic E-state index is 0.0125. The summed E-state index contributed by atoms with van der Waals surface area (Å²) in [5, 5.41) is 15.9. The number of hydrogen-bond acceptors (Lipinski definition) is 6. The van der Waals surface area contributed by atoms with Crippen molar-refractivity contribution in [3.05, 3.63) is 29.8 Å². The predicted molar refractivity (Wildman–Crippen MR) is 139 cm³/mol. The Hall–Kier alpha value is -2.42. The lowest BCUT2D eigenvalue weighted by Gasteiger charge is -2.35. The highest BCUT2D eigenvalue weighted by Gasteiger charge is 2.36. The number of benzene rings is 1. The quantitative estimate of drug-likeness (QED) is 0.353. The van der Waals surface area contributed by atoms with Crippen molar-refractivity contribution in [2.45, 2.75) is 96.4 Å². The zero-order valence-corrected chi connectivity index (χ0v) is 22.3. The molecular formula is C26H41N3O5S. The number of unbranched alkanes of at least 4 members (excludes halogenated alkanes) is 1. The lowest BCUT2D eigenvalue weighted by molar-refractivity contribution is -0.142. The van der Waals surface area contributed by atoms with E-state index in [1.807, 2.05) is 6.92 Å². The Labute approximate surface area is 214 Å². The first-order valence-electron chi connectivity index (χ1n) is 12.6. The van der Waals surface area contributed by atoms with E-state index in [1.165, 1.54) is 17.0 Å². The summed E-state index contributed by atoms with van der Waals surface area (Å²) in [6.45, 7) is 7.54. The fourth-order valence-corrected chi connectivity index (χ4v) is 4.47. The van der Waals surface area contributed by atoms with Gasteiger partial charge >= 0.3 is 6.09 Å². The van der Waals surface area contributed by atoms with E-state index >= 15 is 0 Å². The molecule has 2 rings (SSSR count). The number of hydrogen-bond donors (Lipinski definition) is 4. The molecule has 196 valence electrons. The molecule has 1 saturated carbocycles. The Morgan fingerprint density at radius 1 is 1.20 bits per heavy atom. The van der Waals surface area contributed by atoms with E-state index < -0.39 is 29.7 Å². The molecule has 35 heavy (non-hydrogen) atoms. The minimum atomic E-state index is -0.979. The van der Waals surface area contributed by atoms with Crippen LogP contribution >= 0.6 is 12.6 Å². The lowest BCUT2D eigenvalue weighted by Crippen LogP contribution is -2.54. The van der Waals surface area contributed by atoms with Crippen LogP contribution in [0.5, 0.6) is 5.75 Å². The number of aromatic hydroxyl groups is 1. The SMILES string of the molecule is CCCCN(C(=O)C(CS)NC(=O)OC(C)(C)C)C(C(=O)NC1CCCCC1)c1cccc(O)c1. The minimum Gasteiger partial charge on any atom is -0.508 e. The first-order chi connectivity index (χ1) is 16.6. The Kier molecular flexibility index (Phi) is 11.2. The molecule has 2 atom stereocenters. The van der Waals surface area contributed by atoms with E-state index in [1.54, 1.807) is 32.9 Å². The number of nitrogens with zero attached hydrogens (tertiary/aromatic N) is 1. The zero-order chi connectivity index (χ0) is 26.0. The number of nitrogens with one attached hydrogen (secondary N) is 2. The standard InChI is InChI=1S/C26H41N3O5S/c1-5-6-15-29(24(32)21(17-35)28-25(33)34-26(2,3)4)22(18-11-10-14-20(30)16-18)23(31)27-19-12-8-7-9-13-19/h10-11,14,16,19,21-22,30,35H,5-9,12-13,15,17H2,1-4H3,(H,27,31)(H,28,33). The summed E-state index contributed by atoms with van der Waals surface area (Å²) in [6, 6.07) is 4.54. The van der Waals surface area contributed by atoms with Crippen LogP contribution in [0.2, 0.25) is 0 Å². The average Bonchev–Trinajstić information content (AvgIpc) is 2.79. The molecule has 0 saturated heterocycles. The molecule has 1 aromatic rings. The third-order valence-corrected chi connectivity index (χ3v) is 6.27. The third kappa shape index (κ3) is 9.28. The number of thiol groups is 1. The highest BCUT2D eigenvalue weighted by atomic mass is 32.1. The van der Waals surface area contributed by atoms with E-state index in [0.29, 0.717) is 18.5 Å². The summed E-state index contributed by atoms with van der Waals surface area (Å²) >= 11 is 4.30. The first-order valence-corrected chi connectivity index (χ1v) is 13.2. The van der Waals surface area contributed by atoms with Crippen LogP contribution in [0.25, 0.3) is 0 Å². The van der Waals surface area contributed by atoms with Gasteiger partial charge in [-0.15, -0.1) is 0 Å². The molecule has 0 spiro atoms. The van der Waals surface area contributed by atoms with E-state index in [2.05, 4.69) is 23.3 Å². The molecule has 0 bridgehead atoms. The number of alkyl carbamates (subject to hydrolysis) is 1. The van der Waals surface area contributed by atoms with Gasteiger partial charge in [-0.2, -0.15) is 12.6 Å². The summed E-state index contributed by atoms with van der Waals surface area (Å²) < 4.78 is 5.32. The third-order valence-electron chi connectivity index (χ3n) is 5.90. The van der Waals surface area contributed by atoms with Gasteiger partial charge in [0.2, 0.25) is 11.8 Å². The Bertz CT molecular complexity index is 852. The second kappa shape index (κ2) is 13.6. The molecule has 3 N–H and O–H groups in total. The van der Waals surface area contributed by atoms with Gasteiger partial charge in [0.1, 0.15) is 23.4 Å². The summed E-state index contributed by atoms with van der Waals surface area (Å²) in [5.74, 6) is -0.662. The van der Waals surface area contributed by atoms with Gasteiger partial charge in [-0.25, -0.2) is 4.79 Å². The highest BCUT2D eigenvalue weighted by Crippen LogP contribution is 2.27. The van der Waals surface area contributed by atoms with Crippen molar-refractivity contribution in [2.75, 3.05) is 12.3 Å². The highest BCUT2D eigenvalue weighted by molar-refractivity contribution is 7.80. The normalized spacial score (nSPS) is 16.1. The molecular weight excluding hydrogens is 466 g/mol. The number of amides is 3. The van der Waals surface area contributed by atoms with Crippen LogP contribution in [0, 0.1) is 0 Å². The maximum Gasteiger partial charge on any atom is 0.408 e. The molecule has 8 nitrogen and oxygen atoms in total. The number of carbonyl (C=O) groups excluding carboxylic acids is 3. The molecule has 3 amide bonds. The van der Waals surface area contributed by atoms with Gasteiger partial charge < -0.3 is 25.4 Å². The molecule has 0 aliphatic heterocycles. The maximum absolute atomic E-state index is 13.7. The topological polar surface area (TPSA) is 108 Å². The molecule has 1 aliphatic carbocycles. The second-order valence-corrected chi connectivity index (χ2v) is 10.5. The molecule has 2 unspecified atom stereocenters. The van der Waals surface area contributed by atoms with Crippen molar-refractivity contribution in [1.29, 1.82) is 0 Å². The lowest BCUT2D eigenvalue weighted by atomic mass is 9.94. The van der Waals surface area contributed by atoms with Gasteiger partial charge in [-0.05, 0) is 57.7 Å². The first kappa shape index (κ1) is 28.8. The summed E-state index contributed by atoms with van der Waals surface area (Å²) in [6.07, 6.45) is 5.84. The van der Waals surface area contributed by atoms with Crippen LogP contribution in [-0.2, 0) is 14.3 Å². The Morgan fingerprint density at radius 3 is 2.46 bits per heavy atom. The van der Waals surface area contributed by atoms with Gasteiger partial charge in [-0.3, -0.25) is 9.59 Å². The molecule has 1 aliphatic rings. The molecule has 0 aromatic heterocycles. The van der Waals surface area contributed by atoms with Crippen LogP contribution in [0.4, 0.5) is 4.79 Å². The van der Waals surface area contributed by atoms with Crippen molar-refractivity contribution in [2.24, 2.45) is 0 Å². The van der Waals surface area contributed by atoms with Crippen molar-refractivity contribution >= 4 is 30.5 Å². The van der Waals surface area contributed by atoms with E-state index in [0.717, 1.165) is 38.5 Å². The van der Waals surface area contributed by atoms with Crippen LogP contribution < -0.4 is 10.6 Å². The van der Waals surface area contributed by atoms with E-state index in [9.17, 15) is 19.5 Å². The summed E-state index contributed by atoms with van der Waals surface area (Å²) in [7, 11) is 0. The smallest absolute Gasteiger partial charge is 0.408 e. The van der Waals surface area contributed by atoms with E-state index in [-0.39, 0.29) is 23.5 Å². The predicted octanol–water partition coefficient (Wildman–Crippen LogP) is 4.33. The number of rotatable bonds is 10. The largest absolute Gasteiger partial charge is 0.508 e. The van der Waals surface area contributed by atoms with Crippen LogP contribution in [0.1, 0.15) is 84.2 Å². The molecule has 0 radical (unpaired) electrons. The fourth-order valence-electron chi connectivity index (χ4n) is 4.23.